The maximum absolute atomic E-state index is 13.9. The first-order valence-corrected chi connectivity index (χ1v) is 19.9. The van der Waals surface area contributed by atoms with Crippen LogP contribution >= 0.6 is 0 Å². The largest absolute Gasteiger partial charge is 0.462 e. The number of carbonyl (C=O) groups is 4. The summed E-state index contributed by atoms with van der Waals surface area (Å²) >= 11 is 0. The normalized spacial score (nSPS) is 14.6. The summed E-state index contributed by atoms with van der Waals surface area (Å²) in [4.78, 5) is 53.8. The van der Waals surface area contributed by atoms with Gasteiger partial charge >= 0.3 is 5.97 Å². The van der Waals surface area contributed by atoms with E-state index in [1.807, 2.05) is 0 Å². The van der Waals surface area contributed by atoms with Crippen LogP contribution in [0.3, 0.4) is 0 Å². The van der Waals surface area contributed by atoms with Crippen LogP contribution < -0.4 is 0 Å². The zero-order chi connectivity index (χ0) is 36.1. The lowest BCUT2D eigenvalue weighted by Gasteiger charge is -2.43. The zero-order valence-electron chi connectivity index (χ0n) is 31.5. The van der Waals surface area contributed by atoms with E-state index >= 15 is 0 Å². The van der Waals surface area contributed by atoms with Crippen molar-refractivity contribution in [1.82, 2.24) is 0 Å². The fourth-order valence-corrected chi connectivity index (χ4v) is 6.30. The van der Waals surface area contributed by atoms with Gasteiger partial charge in [0.25, 0.3) is 0 Å². The molecule has 0 aliphatic rings. The van der Waals surface area contributed by atoms with E-state index < -0.39 is 47.2 Å². The van der Waals surface area contributed by atoms with Crippen molar-refractivity contribution in [1.29, 1.82) is 0 Å². The van der Waals surface area contributed by atoms with Crippen LogP contribution in [0.5, 0.6) is 0 Å². The number of Topliss-reactive ketones (excluding diaryl/α,β-unsaturated/α-hetero) is 3. The Kier molecular flexibility index (Phi) is 28.1. The Balaban J connectivity index is 6.10. The number of ketones is 3. The minimum Gasteiger partial charge on any atom is -0.462 e. The van der Waals surface area contributed by atoms with Crippen molar-refractivity contribution in [2.75, 3.05) is 6.61 Å². The van der Waals surface area contributed by atoms with Crippen LogP contribution in [0, 0.1) is 0 Å². The Hall–Kier alpha value is -1.64. The van der Waals surface area contributed by atoms with Gasteiger partial charge in [0, 0.05) is 25.7 Å². The number of unbranched alkanes of at least 4 members (excludes halogenated alkanes) is 20. The second kappa shape index (κ2) is 29.1. The van der Waals surface area contributed by atoms with Crippen molar-refractivity contribution in [3.63, 3.8) is 0 Å². The summed E-state index contributed by atoms with van der Waals surface area (Å²) < 4.78 is 5.40. The third-order valence-corrected chi connectivity index (χ3v) is 9.69. The number of hydrogen-bond donors (Lipinski definition) is 3. The van der Waals surface area contributed by atoms with E-state index in [1.165, 1.54) is 0 Å². The lowest BCUT2D eigenvalue weighted by atomic mass is 9.70. The van der Waals surface area contributed by atoms with E-state index in [0.717, 1.165) is 116 Å². The molecule has 282 valence electrons. The smallest absolute Gasteiger partial charge is 0.305 e. The Bertz CT molecular complexity index is 858. The lowest BCUT2D eigenvalue weighted by molar-refractivity contribution is -0.217. The number of aliphatic hydroxyl groups excluding tert-OH is 1. The fourth-order valence-electron chi connectivity index (χ4n) is 6.30. The molecule has 0 saturated carbocycles. The van der Waals surface area contributed by atoms with Crippen molar-refractivity contribution in [3.05, 3.63) is 0 Å². The van der Waals surface area contributed by atoms with Gasteiger partial charge in [0.1, 0.15) is 6.61 Å². The van der Waals surface area contributed by atoms with E-state index in [0.29, 0.717) is 38.5 Å². The number of rotatable bonds is 35. The molecule has 0 saturated heterocycles. The highest BCUT2D eigenvalue weighted by molar-refractivity contribution is 6.04. The molecule has 0 bridgehead atoms. The fraction of sp³-hybridized carbons (Fsp3) is 0.900. The minimum absolute atomic E-state index is 0.0669. The SMILES string of the molecule is CCCCCCCCC(=O)OC[C@](O)(C(=O)CCCCCCCC)[C@](O)(C(=O)CCCCCCCC)C(O)C(=O)CCCCCCCC. The predicted molar refractivity (Wildman–Crippen MR) is 194 cm³/mol. The number of ether oxygens (including phenoxy) is 1. The zero-order valence-corrected chi connectivity index (χ0v) is 31.5. The number of aliphatic hydroxyl groups is 3. The van der Waals surface area contributed by atoms with Crippen molar-refractivity contribution in [2.45, 2.75) is 225 Å². The molecule has 3 atom stereocenters. The van der Waals surface area contributed by atoms with Crippen LogP contribution in [0.4, 0.5) is 0 Å². The first-order valence-electron chi connectivity index (χ1n) is 19.9. The van der Waals surface area contributed by atoms with Crippen LogP contribution in [0.2, 0.25) is 0 Å². The van der Waals surface area contributed by atoms with Crippen molar-refractivity contribution >= 4 is 23.3 Å². The minimum atomic E-state index is -3.13. The van der Waals surface area contributed by atoms with Crippen molar-refractivity contribution < 1.29 is 39.2 Å². The average Bonchev–Trinajstić information content (AvgIpc) is 3.08. The second-order valence-electron chi connectivity index (χ2n) is 14.1. The second-order valence-corrected chi connectivity index (χ2v) is 14.1. The van der Waals surface area contributed by atoms with E-state index in [-0.39, 0.29) is 25.7 Å². The molecule has 0 aliphatic carbocycles. The third kappa shape index (κ3) is 18.4. The summed E-state index contributed by atoms with van der Waals surface area (Å²) in [5.41, 5.74) is -6.09. The number of esters is 1. The molecule has 8 nitrogen and oxygen atoms in total. The highest BCUT2D eigenvalue weighted by atomic mass is 16.5. The van der Waals surface area contributed by atoms with Gasteiger partial charge in [0.15, 0.2) is 34.7 Å². The number of carbonyl (C=O) groups excluding carboxylic acids is 4. The van der Waals surface area contributed by atoms with Crippen LogP contribution in [0.15, 0.2) is 0 Å². The molecule has 0 amide bonds. The van der Waals surface area contributed by atoms with Crippen LogP contribution in [0.1, 0.15) is 207 Å². The maximum atomic E-state index is 13.9. The van der Waals surface area contributed by atoms with Gasteiger partial charge in [0.05, 0.1) is 0 Å². The summed E-state index contributed by atoms with van der Waals surface area (Å²) in [6.07, 6.45) is 18.6. The van der Waals surface area contributed by atoms with Gasteiger partial charge in [-0.05, 0) is 25.7 Å². The van der Waals surface area contributed by atoms with Gasteiger partial charge < -0.3 is 20.1 Å². The molecule has 0 aromatic rings. The van der Waals surface area contributed by atoms with E-state index in [4.69, 9.17) is 4.74 Å². The van der Waals surface area contributed by atoms with E-state index in [2.05, 4.69) is 27.7 Å². The number of hydrogen-bond acceptors (Lipinski definition) is 8. The standard InChI is InChI=1S/C40H74O8/c1-5-9-13-17-21-25-29-34(41)38(45)40(47,36(43)31-27-23-19-15-11-7-3)39(46,35(42)30-26-22-18-14-10-6-2)33-48-37(44)32-28-24-20-16-12-8-4/h38,45-47H,5-33H2,1-4H3/t38?,39-,40-/m0/s1. The van der Waals surface area contributed by atoms with Gasteiger partial charge in [-0.15, -0.1) is 0 Å². The van der Waals surface area contributed by atoms with Crippen LogP contribution in [-0.2, 0) is 23.9 Å². The molecule has 48 heavy (non-hydrogen) atoms. The maximum Gasteiger partial charge on any atom is 0.305 e. The predicted octanol–water partition coefficient (Wildman–Crippen LogP) is 9.06. The lowest BCUT2D eigenvalue weighted by Crippen LogP contribution is -2.72. The molecular weight excluding hydrogens is 608 g/mol. The van der Waals surface area contributed by atoms with Crippen LogP contribution in [0.25, 0.3) is 0 Å². The van der Waals surface area contributed by atoms with Gasteiger partial charge in [-0.1, -0.05) is 156 Å². The quantitative estimate of drug-likeness (QED) is 0.0445. The van der Waals surface area contributed by atoms with Crippen LogP contribution in [-0.4, -0.2) is 62.6 Å². The molecular formula is C40H74O8. The average molecular weight is 683 g/mol. The topological polar surface area (TPSA) is 138 Å². The molecule has 0 aliphatic heterocycles. The van der Waals surface area contributed by atoms with Gasteiger partial charge in [0.2, 0.25) is 0 Å². The Morgan fingerprint density at radius 3 is 1.23 bits per heavy atom. The van der Waals surface area contributed by atoms with Crippen molar-refractivity contribution in [2.24, 2.45) is 0 Å². The van der Waals surface area contributed by atoms with Gasteiger partial charge in [-0.3, -0.25) is 19.2 Å². The summed E-state index contributed by atoms with van der Waals surface area (Å²) in [5.74, 6) is -3.31. The molecule has 0 fully saturated rings. The first-order chi connectivity index (χ1) is 23.1. The summed E-state index contributed by atoms with van der Waals surface area (Å²) in [5, 5.41) is 35.6. The summed E-state index contributed by atoms with van der Waals surface area (Å²) in [6, 6.07) is 0. The summed E-state index contributed by atoms with van der Waals surface area (Å²) in [7, 11) is 0. The molecule has 0 heterocycles. The Morgan fingerprint density at radius 1 is 0.479 bits per heavy atom. The van der Waals surface area contributed by atoms with Gasteiger partial charge in [-0.25, -0.2) is 0 Å². The van der Waals surface area contributed by atoms with Gasteiger partial charge in [-0.2, -0.15) is 0 Å². The molecule has 0 aromatic carbocycles. The summed E-state index contributed by atoms with van der Waals surface area (Å²) in [6.45, 7) is 7.47. The molecule has 8 heteroatoms. The first kappa shape index (κ1) is 46.4. The highest BCUT2D eigenvalue weighted by Gasteiger charge is 2.64. The highest BCUT2D eigenvalue weighted by Crippen LogP contribution is 2.34. The monoisotopic (exact) mass is 683 g/mol. The molecule has 0 spiro atoms. The molecule has 0 aromatic heterocycles. The van der Waals surface area contributed by atoms with Crippen molar-refractivity contribution in [3.8, 4) is 0 Å². The van der Waals surface area contributed by atoms with E-state index in [1.54, 1.807) is 0 Å². The Morgan fingerprint density at radius 2 is 0.812 bits per heavy atom. The third-order valence-electron chi connectivity index (χ3n) is 9.69. The molecule has 1 unspecified atom stereocenters. The molecule has 0 rings (SSSR count). The molecule has 3 N–H and O–H groups in total. The van der Waals surface area contributed by atoms with E-state index in [9.17, 15) is 34.5 Å². The Labute approximate surface area is 293 Å². The molecule has 0 radical (unpaired) electrons.